The number of rotatable bonds is 0. The number of fused-ring (bicyclic) bond motifs is 1. The highest BCUT2D eigenvalue weighted by Crippen LogP contribution is 2.32. The summed E-state index contributed by atoms with van der Waals surface area (Å²) in [6.07, 6.45) is 2.77. The molecule has 1 aliphatic carbocycles. The number of nitrogens with one attached hydrogen (secondary N) is 2. The van der Waals surface area contributed by atoms with Crippen molar-refractivity contribution in [2.45, 2.75) is 31.8 Å². The molecule has 1 saturated carbocycles. The quantitative estimate of drug-likeness (QED) is 0.753. The van der Waals surface area contributed by atoms with Crippen LogP contribution in [0.15, 0.2) is 15.3 Å². The average Bonchev–Trinajstić information content (AvgIpc) is 2.22. The zero-order valence-corrected chi connectivity index (χ0v) is 10.9. The molecule has 5 nitrogen and oxygen atoms in total. The first kappa shape index (κ1) is 10.8. The molecular formula is C11H12BrN3O2. The minimum atomic E-state index is -0.416. The van der Waals surface area contributed by atoms with Gasteiger partial charge < -0.3 is 5.32 Å². The van der Waals surface area contributed by atoms with E-state index in [1.54, 1.807) is 6.07 Å². The van der Waals surface area contributed by atoms with Gasteiger partial charge in [-0.25, -0.2) is 4.68 Å². The molecule has 17 heavy (non-hydrogen) atoms. The fraction of sp³-hybridized carbons (Fsp3) is 0.455. The molecule has 1 aromatic heterocycles. The van der Waals surface area contributed by atoms with Crippen LogP contribution in [0.3, 0.4) is 0 Å². The number of amides is 1. The second-order valence-corrected chi connectivity index (χ2v) is 5.52. The van der Waals surface area contributed by atoms with Gasteiger partial charge in [-0.3, -0.25) is 15.0 Å². The van der Waals surface area contributed by atoms with E-state index >= 15 is 0 Å². The lowest BCUT2D eigenvalue weighted by Crippen LogP contribution is -2.67. The molecule has 1 aromatic rings. The van der Waals surface area contributed by atoms with Gasteiger partial charge in [0, 0.05) is 0 Å². The molecule has 2 heterocycles. The highest BCUT2D eigenvalue weighted by atomic mass is 79.9. The standard InChI is InChI=1S/C11H12BrN3O2/c1-6-5-7(12)10(17)15-8(6)9(16)13-11(14-15)3-2-4-11/h5,14H,2-4H2,1H3,(H,13,16). The third kappa shape index (κ3) is 1.43. The number of pyridine rings is 1. The van der Waals surface area contributed by atoms with Crippen LogP contribution >= 0.6 is 15.9 Å². The van der Waals surface area contributed by atoms with E-state index in [0.29, 0.717) is 10.2 Å². The molecule has 0 atom stereocenters. The predicted molar refractivity (Wildman–Crippen MR) is 66.5 cm³/mol. The Morgan fingerprint density at radius 2 is 2.12 bits per heavy atom. The fourth-order valence-electron chi connectivity index (χ4n) is 2.38. The van der Waals surface area contributed by atoms with E-state index in [2.05, 4.69) is 26.7 Å². The maximum atomic E-state index is 12.1. The minimum absolute atomic E-state index is 0.175. The Kier molecular flexibility index (Phi) is 2.13. The summed E-state index contributed by atoms with van der Waals surface area (Å²) in [5, 5.41) is 2.95. The molecule has 1 aliphatic heterocycles. The van der Waals surface area contributed by atoms with Crippen molar-refractivity contribution in [2.75, 3.05) is 5.43 Å². The smallest absolute Gasteiger partial charge is 0.283 e. The molecule has 1 fully saturated rings. The van der Waals surface area contributed by atoms with Crippen molar-refractivity contribution < 1.29 is 4.79 Å². The van der Waals surface area contributed by atoms with Crippen LogP contribution in [0, 0.1) is 6.92 Å². The number of carbonyl (C=O) groups is 1. The molecule has 0 radical (unpaired) electrons. The number of hydrogen-bond acceptors (Lipinski definition) is 3. The van der Waals surface area contributed by atoms with Crippen molar-refractivity contribution >= 4 is 21.8 Å². The Hall–Kier alpha value is -1.30. The topological polar surface area (TPSA) is 63.1 Å². The van der Waals surface area contributed by atoms with Crippen molar-refractivity contribution in [3.63, 3.8) is 0 Å². The Labute approximate surface area is 106 Å². The van der Waals surface area contributed by atoms with Gasteiger partial charge in [-0.05, 0) is 53.7 Å². The zero-order valence-electron chi connectivity index (χ0n) is 9.34. The fourth-order valence-corrected chi connectivity index (χ4v) is 2.90. The van der Waals surface area contributed by atoms with Gasteiger partial charge >= 0.3 is 0 Å². The van der Waals surface area contributed by atoms with Crippen LogP contribution in [0.1, 0.15) is 35.3 Å². The molecule has 3 rings (SSSR count). The molecule has 1 spiro atoms. The van der Waals surface area contributed by atoms with Crippen LogP contribution in [0.4, 0.5) is 0 Å². The van der Waals surface area contributed by atoms with Gasteiger partial charge in [-0.15, -0.1) is 0 Å². The van der Waals surface area contributed by atoms with Crippen LogP contribution in [-0.2, 0) is 0 Å². The van der Waals surface area contributed by atoms with Crippen molar-refractivity contribution in [3.05, 3.63) is 32.2 Å². The molecule has 0 aromatic carbocycles. The Bertz CT molecular complexity index is 575. The molecule has 6 heteroatoms. The Balaban J connectivity index is 2.21. The first-order valence-corrected chi connectivity index (χ1v) is 6.35. The Morgan fingerprint density at radius 3 is 2.71 bits per heavy atom. The average molecular weight is 298 g/mol. The summed E-state index contributed by atoms with van der Waals surface area (Å²) < 4.78 is 1.84. The molecule has 2 N–H and O–H groups in total. The van der Waals surface area contributed by atoms with Gasteiger partial charge in [0.05, 0.1) is 4.47 Å². The van der Waals surface area contributed by atoms with E-state index < -0.39 is 5.66 Å². The number of carbonyl (C=O) groups excluding carboxylic acids is 1. The predicted octanol–water partition coefficient (Wildman–Crippen LogP) is 1.09. The van der Waals surface area contributed by atoms with Gasteiger partial charge in [0.25, 0.3) is 11.5 Å². The van der Waals surface area contributed by atoms with Crippen molar-refractivity contribution in [2.24, 2.45) is 0 Å². The van der Waals surface area contributed by atoms with E-state index in [9.17, 15) is 9.59 Å². The van der Waals surface area contributed by atoms with Crippen LogP contribution in [0.25, 0.3) is 0 Å². The molecule has 0 bridgehead atoms. The number of halogens is 1. The van der Waals surface area contributed by atoms with Crippen LogP contribution in [0.5, 0.6) is 0 Å². The third-order valence-electron chi connectivity index (χ3n) is 3.45. The lowest BCUT2D eigenvalue weighted by molar-refractivity contribution is 0.0788. The van der Waals surface area contributed by atoms with Gasteiger partial charge in [-0.2, -0.15) is 0 Å². The number of hydrogen-bond donors (Lipinski definition) is 2. The molecule has 90 valence electrons. The van der Waals surface area contributed by atoms with Crippen molar-refractivity contribution in [1.82, 2.24) is 9.99 Å². The molecule has 0 saturated heterocycles. The van der Waals surface area contributed by atoms with E-state index in [1.807, 2.05) is 6.92 Å². The summed E-state index contributed by atoms with van der Waals surface area (Å²) in [6.45, 7) is 1.82. The number of nitrogens with zero attached hydrogens (tertiary/aromatic N) is 1. The third-order valence-corrected chi connectivity index (χ3v) is 4.02. The summed E-state index contributed by atoms with van der Waals surface area (Å²) in [5.74, 6) is -0.175. The second-order valence-electron chi connectivity index (χ2n) is 4.67. The largest absolute Gasteiger partial charge is 0.327 e. The first-order chi connectivity index (χ1) is 8.02. The van der Waals surface area contributed by atoms with Gasteiger partial charge in [-0.1, -0.05) is 0 Å². The number of aryl methyl sites for hydroxylation is 1. The summed E-state index contributed by atoms with van der Waals surface area (Å²) >= 11 is 3.22. The lowest BCUT2D eigenvalue weighted by Gasteiger charge is -2.47. The molecule has 2 aliphatic rings. The minimum Gasteiger partial charge on any atom is -0.327 e. The maximum absolute atomic E-state index is 12.1. The van der Waals surface area contributed by atoms with E-state index in [-0.39, 0.29) is 11.5 Å². The van der Waals surface area contributed by atoms with Crippen LogP contribution in [-0.4, -0.2) is 16.2 Å². The number of aromatic nitrogens is 1. The SMILES string of the molecule is Cc1cc(Br)c(=O)n2c1C(=O)NC1(CCC1)N2. The van der Waals surface area contributed by atoms with Gasteiger partial charge in [0.1, 0.15) is 11.4 Å². The first-order valence-electron chi connectivity index (χ1n) is 5.55. The van der Waals surface area contributed by atoms with E-state index in [0.717, 1.165) is 24.8 Å². The maximum Gasteiger partial charge on any atom is 0.283 e. The molecular weight excluding hydrogens is 286 g/mol. The highest BCUT2D eigenvalue weighted by molar-refractivity contribution is 9.10. The lowest BCUT2D eigenvalue weighted by atomic mass is 9.84. The summed E-state index contributed by atoms with van der Waals surface area (Å²) in [7, 11) is 0. The van der Waals surface area contributed by atoms with Gasteiger partial charge in [0.2, 0.25) is 0 Å². The summed E-state index contributed by atoms with van der Waals surface area (Å²) in [4.78, 5) is 24.1. The van der Waals surface area contributed by atoms with E-state index in [4.69, 9.17) is 0 Å². The molecule has 1 amide bonds. The monoisotopic (exact) mass is 297 g/mol. The highest BCUT2D eigenvalue weighted by Gasteiger charge is 2.43. The summed E-state index contributed by atoms with van der Waals surface area (Å²) in [6, 6.07) is 1.67. The van der Waals surface area contributed by atoms with Crippen molar-refractivity contribution in [1.29, 1.82) is 0 Å². The second kappa shape index (κ2) is 3.35. The van der Waals surface area contributed by atoms with Crippen LogP contribution in [0.2, 0.25) is 0 Å². The van der Waals surface area contributed by atoms with Crippen LogP contribution < -0.4 is 16.3 Å². The normalized spacial score (nSPS) is 20.2. The zero-order chi connectivity index (χ0) is 12.2. The summed E-state index contributed by atoms with van der Waals surface area (Å²) in [5.41, 5.74) is 3.67. The Morgan fingerprint density at radius 1 is 1.41 bits per heavy atom. The van der Waals surface area contributed by atoms with Crippen molar-refractivity contribution in [3.8, 4) is 0 Å². The van der Waals surface area contributed by atoms with E-state index in [1.165, 1.54) is 4.68 Å². The van der Waals surface area contributed by atoms with Gasteiger partial charge in [0.15, 0.2) is 0 Å². The molecule has 0 unspecified atom stereocenters.